The van der Waals surface area contributed by atoms with Crippen molar-refractivity contribution in [2.45, 2.75) is 6.42 Å². The van der Waals surface area contributed by atoms with Crippen molar-refractivity contribution in [2.24, 2.45) is 0 Å². The molecule has 1 aromatic rings. The van der Waals surface area contributed by atoms with E-state index in [0.717, 1.165) is 0 Å². The molecule has 4 nitrogen and oxygen atoms in total. The first-order valence-corrected chi connectivity index (χ1v) is 4.33. The normalized spacial score (nSPS) is 14.3. The summed E-state index contributed by atoms with van der Waals surface area (Å²) in [4.78, 5) is 23.2. The summed E-state index contributed by atoms with van der Waals surface area (Å²) in [6.45, 7) is 0. The lowest BCUT2D eigenvalue weighted by atomic mass is 10.1. The maximum atomic E-state index is 13.6. The van der Waals surface area contributed by atoms with Gasteiger partial charge in [0.1, 0.15) is 5.82 Å². The van der Waals surface area contributed by atoms with Crippen molar-refractivity contribution in [1.29, 1.82) is 0 Å². The number of anilines is 1. The van der Waals surface area contributed by atoms with E-state index >= 15 is 0 Å². The van der Waals surface area contributed by atoms with Crippen LogP contribution in [0.4, 0.5) is 10.1 Å². The fraction of sp³-hybridized carbons (Fsp3) is 0.200. The van der Waals surface area contributed by atoms with Gasteiger partial charge >= 0.3 is 5.97 Å². The summed E-state index contributed by atoms with van der Waals surface area (Å²) in [5, 5.41) is 8.69. The lowest BCUT2D eigenvalue weighted by Crippen LogP contribution is -2.20. The number of fused-ring (bicyclic) bond motifs is 1. The van der Waals surface area contributed by atoms with Gasteiger partial charge in [-0.25, -0.2) is 9.18 Å². The van der Waals surface area contributed by atoms with Crippen molar-refractivity contribution in [3.8, 4) is 0 Å². The van der Waals surface area contributed by atoms with Gasteiger partial charge in [-0.2, -0.15) is 0 Å². The fourth-order valence-corrected chi connectivity index (χ4v) is 1.66. The Bertz CT molecular complexity index is 470. The quantitative estimate of drug-likeness (QED) is 0.751. The molecular formula is C10H8FNO3. The van der Waals surface area contributed by atoms with Gasteiger partial charge < -0.3 is 10.0 Å². The summed E-state index contributed by atoms with van der Waals surface area (Å²) >= 11 is 0. The third kappa shape index (κ3) is 1.27. The van der Waals surface area contributed by atoms with Crippen LogP contribution >= 0.6 is 0 Å². The SMILES string of the molecule is CN1C(=O)Cc2c1ccc(C(=O)O)c2F. The van der Waals surface area contributed by atoms with Crippen LogP contribution in [0.3, 0.4) is 0 Å². The Morgan fingerprint density at radius 3 is 2.80 bits per heavy atom. The largest absolute Gasteiger partial charge is 0.478 e. The van der Waals surface area contributed by atoms with Gasteiger partial charge in [0.25, 0.3) is 0 Å². The highest BCUT2D eigenvalue weighted by molar-refractivity contribution is 6.02. The molecule has 5 heteroatoms. The molecule has 0 atom stereocenters. The number of rotatable bonds is 1. The number of hydrogen-bond donors (Lipinski definition) is 1. The van der Waals surface area contributed by atoms with Gasteiger partial charge in [-0.05, 0) is 12.1 Å². The molecule has 2 rings (SSSR count). The predicted molar refractivity (Wildman–Crippen MR) is 50.5 cm³/mol. The van der Waals surface area contributed by atoms with Gasteiger partial charge in [0.05, 0.1) is 12.0 Å². The number of halogens is 1. The van der Waals surface area contributed by atoms with Crippen molar-refractivity contribution in [3.63, 3.8) is 0 Å². The van der Waals surface area contributed by atoms with Crippen molar-refractivity contribution in [1.82, 2.24) is 0 Å². The zero-order chi connectivity index (χ0) is 11.2. The molecule has 0 radical (unpaired) electrons. The molecule has 1 aromatic carbocycles. The Labute approximate surface area is 84.9 Å². The van der Waals surface area contributed by atoms with Gasteiger partial charge in [-0.1, -0.05) is 0 Å². The second-order valence-corrected chi connectivity index (χ2v) is 3.36. The number of carbonyl (C=O) groups is 2. The first-order chi connectivity index (χ1) is 7.02. The predicted octanol–water partition coefficient (Wildman–Crippen LogP) is 1.04. The van der Waals surface area contributed by atoms with Crippen LogP contribution < -0.4 is 4.90 Å². The highest BCUT2D eigenvalue weighted by atomic mass is 19.1. The van der Waals surface area contributed by atoms with E-state index < -0.39 is 17.3 Å². The van der Waals surface area contributed by atoms with E-state index in [1.807, 2.05) is 0 Å². The first kappa shape index (κ1) is 9.64. The van der Waals surface area contributed by atoms with Crippen LogP contribution in [0, 0.1) is 5.82 Å². The van der Waals surface area contributed by atoms with E-state index in [9.17, 15) is 14.0 Å². The summed E-state index contributed by atoms with van der Waals surface area (Å²) in [7, 11) is 1.54. The molecule has 0 fully saturated rings. The van der Waals surface area contributed by atoms with Gasteiger partial charge in [0, 0.05) is 18.3 Å². The van der Waals surface area contributed by atoms with Crippen molar-refractivity contribution in [3.05, 3.63) is 29.1 Å². The van der Waals surface area contributed by atoms with Gasteiger partial charge in [-0.3, -0.25) is 4.79 Å². The molecule has 0 spiro atoms. The highest BCUT2D eigenvalue weighted by Crippen LogP contribution is 2.31. The Balaban J connectivity index is 2.62. The Kier molecular flexibility index (Phi) is 1.96. The molecular weight excluding hydrogens is 201 g/mol. The molecule has 1 aliphatic heterocycles. The van der Waals surface area contributed by atoms with E-state index in [1.54, 1.807) is 0 Å². The number of carboxylic acid groups (broad SMARTS) is 1. The van der Waals surface area contributed by atoms with Crippen molar-refractivity contribution in [2.75, 3.05) is 11.9 Å². The lowest BCUT2D eigenvalue weighted by molar-refractivity contribution is -0.117. The van der Waals surface area contributed by atoms with Crippen LogP contribution in [-0.2, 0) is 11.2 Å². The standard InChI is InChI=1S/C10H8FNO3/c1-12-7-3-2-5(10(14)15)9(11)6(7)4-8(12)13/h2-3H,4H2,1H3,(H,14,15). The molecule has 0 saturated heterocycles. The van der Waals surface area contributed by atoms with E-state index in [1.165, 1.54) is 24.1 Å². The molecule has 1 amide bonds. The van der Waals surface area contributed by atoms with Crippen molar-refractivity contribution >= 4 is 17.6 Å². The maximum absolute atomic E-state index is 13.6. The first-order valence-electron chi connectivity index (χ1n) is 4.33. The number of carbonyl (C=O) groups excluding carboxylic acids is 1. The van der Waals surface area contributed by atoms with E-state index in [-0.39, 0.29) is 17.9 Å². The van der Waals surface area contributed by atoms with Gasteiger partial charge in [0.15, 0.2) is 0 Å². The van der Waals surface area contributed by atoms with Crippen LogP contribution in [0.5, 0.6) is 0 Å². The number of aromatic carboxylic acids is 1. The zero-order valence-corrected chi connectivity index (χ0v) is 7.95. The second kappa shape index (κ2) is 3.05. The van der Waals surface area contributed by atoms with Crippen LogP contribution in [0.1, 0.15) is 15.9 Å². The molecule has 0 aromatic heterocycles. The Morgan fingerprint density at radius 2 is 2.20 bits per heavy atom. The third-order valence-electron chi connectivity index (χ3n) is 2.51. The summed E-state index contributed by atoms with van der Waals surface area (Å²) in [5.74, 6) is -2.36. The number of hydrogen-bond acceptors (Lipinski definition) is 2. The summed E-state index contributed by atoms with van der Waals surface area (Å²) in [6.07, 6.45) is -0.0706. The minimum atomic E-state index is -1.32. The highest BCUT2D eigenvalue weighted by Gasteiger charge is 2.29. The second-order valence-electron chi connectivity index (χ2n) is 3.36. The smallest absolute Gasteiger partial charge is 0.338 e. The summed E-state index contributed by atoms with van der Waals surface area (Å²) < 4.78 is 13.6. The minimum absolute atomic E-state index is 0.0706. The average molecular weight is 209 g/mol. The molecule has 0 bridgehead atoms. The number of nitrogens with zero attached hydrogens (tertiary/aromatic N) is 1. The molecule has 1 N–H and O–H groups in total. The van der Waals surface area contributed by atoms with E-state index in [2.05, 4.69) is 0 Å². The third-order valence-corrected chi connectivity index (χ3v) is 2.51. The maximum Gasteiger partial charge on any atom is 0.338 e. The molecule has 0 saturated carbocycles. The number of benzene rings is 1. The molecule has 0 unspecified atom stereocenters. The Hall–Kier alpha value is -1.91. The number of amides is 1. The van der Waals surface area contributed by atoms with Crippen LogP contribution in [0.15, 0.2) is 12.1 Å². The molecule has 78 valence electrons. The molecule has 1 heterocycles. The lowest BCUT2D eigenvalue weighted by Gasteiger charge is -2.10. The van der Waals surface area contributed by atoms with E-state index in [0.29, 0.717) is 5.69 Å². The number of likely N-dealkylation sites (N-methyl/N-ethyl adjacent to an activating group) is 1. The topological polar surface area (TPSA) is 57.6 Å². The minimum Gasteiger partial charge on any atom is -0.478 e. The fourth-order valence-electron chi connectivity index (χ4n) is 1.66. The molecule has 15 heavy (non-hydrogen) atoms. The van der Waals surface area contributed by atoms with Gasteiger partial charge in [-0.15, -0.1) is 0 Å². The average Bonchev–Trinajstić information content (AvgIpc) is 2.45. The monoisotopic (exact) mass is 209 g/mol. The summed E-state index contributed by atoms with van der Waals surface area (Å²) in [5.41, 5.74) is 0.224. The summed E-state index contributed by atoms with van der Waals surface area (Å²) in [6, 6.07) is 2.62. The molecule has 0 aliphatic carbocycles. The number of carboxylic acids is 1. The van der Waals surface area contributed by atoms with Crippen LogP contribution in [-0.4, -0.2) is 24.0 Å². The molecule has 1 aliphatic rings. The van der Waals surface area contributed by atoms with Gasteiger partial charge in [0.2, 0.25) is 5.91 Å². The van der Waals surface area contributed by atoms with E-state index in [4.69, 9.17) is 5.11 Å². The zero-order valence-electron chi connectivity index (χ0n) is 7.95. The Morgan fingerprint density at radius 1 is 1.53 bits per heavy atom. The van der Waals surface area contributed by atoms with Crippen LogP contribution in [0.2, 0.25) is 0 Å². The van der Waals surface area contributed by atoms with Crippen LogP contribution in [0.25, 0.3) is 0 Å². The van der Waals surface area contributed by atoms with Crippen molar-refractivity contribution < 1.29 is 19.1 Å².